The number of amidine groups is 2. The van der Waals surface area contributed by atoms with E-state index in [1.807, 2.05) is 31.2 Å². The van der Waals surface area contributed by atoms with E-state index >= 15 is 0 Å². The number of benzene rings is 3. The van der Waals surface area contributed by atoms with Crippen LogP contribution >= 0.6 is 0 Å². The number of ether oxygens (including phenoxy) is 2. The van der Waals surface area contributed by atoms with Crippen molar-refractivity contribution >= 4 is 50.6 Å². The number of halogens is 3. The zero-order chi connectivity index (χ0) is 53.0. The maximum atomic E-state index is 14.1. The van der Waals surface area contributed by atoms with E-state index in [-0.39, 0.29) is 66.5 Å². The Morgan fingerprint density at radius 2 is 1.07 bits per heavy atom. The lowest BCUT2D eigenvalue weighted by atomic mass is 9.84. The summed E-state index contributed by atoms with van der Waals surface area (Å²) < 4.78 is 57.2. The van der Waals surface area contributed by atoms with E-state index in [0.29, 0.717) is 88.4 Å². The molecule has 2 aliphatic heterocycles. The lowest BCUT2D eigenvalue weighted by Gasteiger charge is -2.35. The fraction of sp³-hybridized carbons (Fsp3) is 0.226. The average Bonchev–Trinajstić information content (AvgIpc) is 4.26. The number of hydrogen-bond donors (Lipinski definition) is 4. The van der Waals surface area contributed by atoms with E-state index in [0.717, 1.165) is 16.6 Å². The smallest absolute Gasteiger partial charge is 0.202 e. The second-order valence-corrected chi connectivity index (χ2v) is 18.7. The molecule has 9 heterocycles. The summed E-state index contributed by atoms with van der Waals surface area (Å²) in [6, 6.07) is 30.6. The van der Waals surface area contributed by atoms with Crippen LogP contribution in [0.4, 0.5) is 13.2 Å². The Morgan fingerprint density at radius 1 is 0.618 bits per heavy atom. The van der Waals surface area contributed by atoms with Crippen molar-refractivity contribution in [3.05, 3.63) is 179 Å². The van der Waals surface area contributed by atoms with E-state index in [2.05, 4.69) is 62.4 Å². The minimum atomic E-state index is -0.488. The average molecular weight is 1030 g/mol. The first kappa shape index (κ1) is 50.3. The standard InChI is InChI=1S/C20H20FN5O2.C19H17FN6O.C14H13FN6/c1-20(11-28-12-20)16(27)9-24-18(22)17-14-6-4-8-23-19(14)26(25-17)10-13-5-2-3-7-15(13)21;1-19(10-27-11-19)18-22-16(23-24-18)15-13-6-4-8-21-17(13)26(25-15)9-12-5-2-3-7-14(12)20;15-11-6-2-1-4-9(11)8-21-14-10(5-3-7-18-14)12(20-21)13(16)19-17/h2-8H,9-12H2,1H3,(H2,22,24);2-8H,9-11H2,1H3,(H,22,23,24);1-7H,8,17H2,(H2,16,19). The third-order valence-electron chi connectivity index (χ3n) is 13.0. The number of rotatable bonds is 13. The number of H-pyrrole nitrogens is 1. The molecule has 0 amide bonds. The van der Waals surface area contributed by atoms with Crippen LogP contribution in [-0.4, -0.2) is 110 Å². The Balaban J connectivity index is 0.000000131. The van der Waals surface area contributed by atoms with Gasteiger partial charge in [-0.05, 0) is 68.4 Å². The summed E-state index contributed by atoms with van der Waals surface area (Å²) in [4.78, 5) is 34.2. The lowest BCUT2D eigenvalue weighted by molar-refractivity contribution is -0.153. The maximum Gasteiger partial charge on any atom is 0.202 e. The van der Waals surface area contributed by atoms with Crippen LogP contribution in [0.5, 0.6) is 0 Å². The number of hydrogen-bond acceptors (Lipinski definition) is 14. The molecular weight excluding hydrogens is 980 g/mol. The SMILES string of the molecule is CC1(C(=O)CN=C(N)c2nn(Cc3ccccc3F)c3ncccc23)COC1.CC1(c2nc(-c3nn(Cc4ccccc4F)c4ncccc34)n[nH]2)COC1.NN=C(N)c1nn(Cc2ccccc2F)c2ncccc12. The summed E-state index contributed by atoms with van der Waals surface area (Å²) >= 11 is 0. The molecule has 10 aromatic rings. The van der Waals surface area contributed by atoms with Gasteiger partial charge >= 0.3 is 0 Å². The van der Waals surface area contributed by atoms with Crippen molar-refractivity contribution in [3.63, 3.8) is 0 Å². The summed E-state index contributed by atoms with van der Waals surface area (Å²) in [5.74, 6) is 5.87. The molecule has 0 aliphatic carbocycles. The molecule has 0 saturated carbocycles. The van der Waals surface area contributed by atoms with Gasteiger partial charge in [-0.15, -0.1) is 0 Å². The fourth-order valence-electron chi connectivity index (χ4n) is 8.50. The second-order valence-electron chi connectivity index (χ2n) is 18.7. The third-order valence-corrected chi connectivity index (χ3v) is 13.0. The summed E-state index contributed by atoms with van der Waals surface area (Å²) in [5, 5.41) is 26.6. The number of carbonyl (C=O) groups excluding carboxylic acids is 1. The number of aliphatic imine (C=N–C) groups is 1. The highest BCUT2D eigenvalue weighted by Gasteiger charge is 2.41. The molecule has 2 aliphatic rings. The molecule has 3 aromatic carbocycles. The molecule has 23 heteroatoms. The van der Waals surface area contributed by atoms with Gasteiger partial charge in [0, 0.05) is 35.3 Å². The molecule has 2 saturated heterocycles. The topological polar surface area (TPSA) is 272 Å². The van der Waals surface area contributed by atoms with Crippen molar-refractivity contribution in [2.45, 2.75) is 38.9 Å². The van der Waals surface area contributed by atoms with Crippen molar-refractivity contribution in [2.24, 2.45) is 32.8 Å². The van der Waals surface area contributed by atoms with Crippen molar-refractivity contribution in [3.8, 4) is 11.5 Å². The van der Waals surface area contributed by atoms with Gasteiger partial charge in [0.2, 0.25) is 5.82 Å². The molecular formula is C53H50F3N17O3. The Labute approximate surface area is 431 Å². The van der Waals surface area contributed by atoms with Crippen LogP contribution in [-0.2, 0) is 39.3 Å². The van der Waals surface area contributed by atoms with Gasteiger partial charge in [-0.3, -0.25) is 14.9 Å². The predicted octanol–water partition coefficient (Wildman–Crippen LogP) is 5.82. The second kappa shape index (κ2) is 21.3. The van der Waals surface area contributed by atoms with Crippen LogP contribution < -0.4 is 17.3 Å². The summed E-state index contributed by atoms with van der Waals surface area (Å²) in [7, 11) is 0. The van der Waals surface area contributed by atoms with Crippen LogP contribution in [0.1, 0.15) is 47.8 Å². The molecule has 0 bridgehead atoms. The molecule has 386 valence electrons. The van der Waals surface area contributed by atoms with Gasteiger partial charge in [0.1, 0.15) is 52.7 Å². The van der Waals surface area contributed by atoms with E-state index in [4.69, 9.17) is 26.8 Å². The van der Waals surface area contributed by atoms with E-state index < -0.39 is 5.41 Å². The number of aromatic nitrogens is 12. The highest BCUT2D eigenvalue weighted by molar-refractivity contribution is 6.07. The highest BCUT2D eigenvalue weighted by Crippen LogP contribution is 2.32. The molecule has 20 nitrogen and oxygen atoms in total. The normalized spacial score (nSPS) is 14.9. The number of hydrazone groups is 1. The van der Waals surface area contributed by atoms with Gasteiger partial charge in [0.05, 0.1) is 73.1 Å². The summed E-state index contributed by atoms with van der Waals surface area (Å²) in [6.07, 6.45) is 4.98. The van der Waals surface area contributed by atoms with E-state index in [1.165, 1.54) is 18.2 Å². The molecule has 76 heavy (non-hydrogen) atoms. The number of Topliss-reactive ketones (excluding diaryl/α,β-unsaturated/α-hetero) is 1. The molecule has 0 atom stereocenters. The first-order chi connectivity index (χ1) is 36.8. The number of fused-ring (bicyclic) bond motifs is 3. The zero-order valence-corrected chi connectivity index (χ0v) is 41.2. The maximum absolute atomic E-state index is 14.1. The van der Waals surface area contributed by atoms with E-state index in [9.17, 15) is 18.0 Å². The first-order valence-electron chi connectivity index (χ1n) is 23.9. The molecule has 7 N–H and O–H groups in total. The van der Waals surface area contributed by atoms with Gasteiger partial charge in [-0.1, -0.05) is 54.6 Å². The number of ketones is 1. The molecule has 0 spiro atoms. The molecule has 0 unspecified atom stereocenters. The minimum Gasteiger partial charge on any atom is -0.382 e. The van der Waals surface area contributed by atoms with Gasteiger partial charge < -0.3 is 26.8 Å². The number of pyridine rings is 3. The van der Waals surface area contributed by atoms with Crippen molar-refractivity contribution < 1.29 is 27.4 Å². The molecule has 2 fully saturated rings. The third kappa shape index (κ3) is 10.2. The van der Waals surface area contributed by atoms with Gasteiger partial charge in [-0.2, -0.15) is 25.5 Å². The van der Waals surface area contributed by atoms with Crippen LogP contribution in [0.25, 0.3) is 44.6 Å². The number of nitrogens with one attached hydrogen (secondary N) is 1. The van der Waals surface area contributed by atoms with Crippen LogP contribution in [0.2, 0.25) is 0 Å². The Kier molecular flexibility index (Phi) is 14.1. The van der Waals surface area contributed by atoms with Crippen molar-refractivity contribution in [1.82, 2.24) is 59.5 Å². The van der Waals surface area contributed by atoms with E-state index in [1.54, 1.807) is 99.4 Å². The number of carbonyl (C=O) groups is 1. The predicted molar refractivity (Wildman–Crippen MR) is 277 cm³/mol. The molecule has 0 radical (unpaired) electrons. The number of nitrogens with zero attached hydrogens (tertiary/aromatic N) is 13. The Bertz CT molecular complexity index is 3800. The Hall–Kier alpha value is -9.22. The first-order valence-corrected chi connectivity index (χ1v) is 23.9. The largest absolute Gasteiger partial charge is 0.382 e. The number of nitrogens with two attached hydrogens (primary N) is 3. The fourth-order valence-corrected chi connectivity index (χ4v) is 8.50. The van der Waals surface area contributed by atoms with Gasteiger partial charge in [0.25, 0.3) is 0 Å². The summed E-state index contributed by atoms with van der Waals surface area (Å²) in [6.45, 7) is 6.69. The minimum absolute atomic E-state index is 0.0186. The van der Waals surface area contributed by atoms with Crippen LogP contribution in [0.3, 0.4) is 0 Å². The van der Waals surface area contributed by atoms with Crippen LogP contribution in [0.15, 0.2) is 138 Å². The van der Waals surface area contributed by atoms with Gasteiger partial charge in [0.15, 0.2) is 28.6 Å². The molecule has 7 aromatic heterocycles. The number of aromatic amines is 1. The highest BCUT2D eigenvalue weighted by atomic mass is 19.1. The summed E-state index contributed by atoms with van der Waals surface area (Å²) in [5.41, 5.74) is 16.1. The monoisotopic (exact) mass is 1030 g/mol. The van der Waals surface area contributed by atoms with Crippen LogP contribution in [0, 0.1) is 22.9 Å². The zero-order valence-electron chi connectivity index (χ0n) is 41.2. The van der Waals surface area contributed by atoms with Gasteiger partial charge in [-0.25, -0.2) is 47.2 Å². The lowest BCUT2D eigenvalue weighted by Crippen LogP contribution is -2.47. The van der Waals surface area contributed by atoms with Crippen molar-refractivity contribution in [2.75, 3.05) is 33.0 Å². The molecule has 12 rings (SSSR count). The van der Waals surface area contributed by atoms with Crippen molar-refractivity contribution in [1.29, 1.82) is 0 Å². The quantitative estimate of drug-likeness (QED) is 0.0459. The Morgan fingerprint density at radius 3 is 1.51 bits per heavy atom.